The lowest BCUT2D eigenvalue weighted by Crippen LogP contribution is -2.49. The van der Waals surface area contributed by atoms with Crippen molar-refractivity contribution in [2.75, 3.05) is 53.9 Å². The van der Waals surface area contributed by atoms with E-state index in [9.17, 15) is 9.59 Å². The second-order valence-electron chi connectivity index (χ2n) is 8.55. The van der Waals surface area contributed by atoms with E-state index in [1.54, 1.807) is 35.4 Å². The fourth-order valence-corrected chi connectivity index (χ4v) is 3.71. The van der Waals surface area contributed by atoms with Gasteiger partial charge in [0.05, 0.1) is 5.69 Å². The number of hydrogen-bond donors (Lipinski definition) is 0. The number of carbonyl (C=O) groups is 2. The number of piperazine rings is 1. The number of allylic oxidation sites excluding steroid dienone is 1. The van der Waals surface area contributed by atoms with Crippen molar-refractivity contribution >= 4 is 29.0 Å². The highest BCUT2D eigenvalue weighted by atomic mass is 16.5. The first-order valence-corrected chi connectivity index (χ1v) is 11.3. The first-order chi connectivity index (χ1) is 16.4. The van der Waals surface area contributed by atoms with Gasteiger partial charge in [0.25, 0.3) is 5.91 Å². The zero-order valence-electron chi connectivity index (χ0n) is 19.8. The van der Waals surface area contributed by atoms with Gasteiger partial charge in [-0.05, 0) is 37.4 Å². The van der Waals surface area contributed by atoms with Crippen LogP contribution in [0.2, 0.25) is 0 Å². The van der Waals surface area contributed by atoms with Gasteiger partial charge >= 0.3 is 0 Å². The van der Waals surface area contributed by atoms with Crippen molar-refractivity contribution in [3.8, 4) is 5.75 Å². The lowest BCUT2D eigenvalue weighted by Gasteiger charge is -2.32. The summed E-state index contributed by atoms with van der Waals surface area (Å²) in [7, 11) is 5.78. The number of benzene rings is 2. The average Bonchev–Trinajstić information content (AvgIpc) is 3.02. The van der Waals surface area contributed by atoms with Crippen LogP contribution in [0.3, 0.4) is 0 Å². The maximum atomic E-state index is 13.3. The minimum absolute atomic E-state index is 0.0781. The summed E-state index contributed by atoms with van der Waals surface area (Å²) in [4.78, 5) is 40.7. The highest BCUT2D eigenvalue weighted by Crippen LogP contribution is 2.24. The van der Waals surface area contributed by atoms with Crippen LogP contribution in [-0.4, -0.2) is 91.9 Å². The molecule has 0 N–H and O–H groups in total. The molecule has 0 atom stereocenters. The van der Waals surface area contributed by atoms with Crippen molar-refractivity contribution < 1.29 is 14.3 Å². The van der Waals surface area contributed by atoms with Gasteiger partial charge in [-0.1, -0.05) is 18.2 Å². The van der Waals surface area contributed by atoms with E-state index in [4.69, 9.17) is 4.74 Å². The predicted molar refractivity (Wildman–Crippen MR) is 133 cm³/mol. The Labute approximate surface area is 199 Å². The molecule has 0 radical (unpaired) electrons. The first kappa shape index (κ1) is 23.4. The van der Waals surface area contributed by atoms with E-state index in [0.29, 0.717) is 47.3 Å². The van der Waals surface area contributed by atoms with Gasteiger partial charge in [-0.3, -0.25) is 14.6 Å². The highest BCUT2D eigenvalue weighted by molar-refractivity contribution is 6.46. The summed E-state index contributed by atoms with van der Waals surface area (Å²) < 4.78 is 5.99. The van der Waals surface area contributed by atoms with Crippen molar-refractivity contribution in [3.63, 3.8) is 0 Å². The molecular weight excluding hydrogens is 430 g/mol. The average molecular weight is 460 g/mol. The Balaban J connectivity index is 1.52. The zero-order valence-corrected chi connectivity index (χ0v) is 19.8. The Bertz CT molecular complexity index is 1140. The second kappa shape index (κ2) is 10.4. The van der Waals surface area contributed by atoms with Gasteiger partial charge < -0.3 is 19.4 Å². The minimum atomic E-state index is -0.0855. The molecular formula is C26H29N5O3. The lowest BCUT2D eigenvalue weighted by atomic mass is 10.1. The van der Waals surface area contributed by atoms with Gasteiger partial charge in [0.2, 0.25) is 5.90 Å². The number of fused-ring (bicyclic) bond motifs is 1. The minimum Gasteiger partial charge on any atom is -0.441 e. The fourth-order valence-electron chi connectivity index (χ4n) is 3.71. The number of hydrogen-bond acceptors (Lipinski definition) is 7. The van der Waals surface area contributed by atoms with Gasteiger partial charge in [-0.15, -0.1) is 0 Å². The van der Waals surface area contributed by atoms with Crippen LogP contribution in [0.25, 0.3) is 0 Å². The maximum Gasteiger partial charge on any atom is 0.272 e. The molecule has 34 heavy (non-hydrogen) atoms. The van der Waals surface area contributed by atoms with Crippen LogP contribution in [0.5, 0.6) is 5.75 Å². The molecule has 0 unspecified atom stereocenters. The maximum absolute atomic E-state index is 13.3. The van der Waals surface area contributed by atoms with Crippen molar-refractivity contribution in [2.45, 2.75) is 0 Å². The molecule has 2 aliphatic rings. The lowest BCUT2D eigenvalue weighted by molar-refractivity contribution is -0.125. The Kier molecular flexibility index (Phi) is 7.18. The van der Waals surface area contributed by atoms with Crippen molar-refractivity contribution in [2.24, 2.45) is 9.98 Å². The summed E-state index contributed by atoms with van der Waals surface area (Å²) in [6, 6.07) is 14.4. The van der Waals surface area contributed by atoms with Gasteiger partial charge in [-0.2, -0.15) is 0 Å². The summed E-state index contributed by atoms with van der Waals surface area (Å²) in [5.41, 5.74) is 2.34. The SMILES string of the molecule is CN(C)/C=C/C(=O)c1ccc(OC2=Nc3ccccc3C(C(=O)N3CCN(C)CC3)=NC2)cc1. The van der Waals surface area contributed by atoms with Crippen LogP contribution >= 0.6 is 0 Å². The van der Waals surface area contributed by atoms with Crippen LogP contribution in [0.4, 0.5) is 5.69 Å². The number of ketones is 1. The summed E-state index contributed by atoms with van der Waals surface area (Å²) in [5, 5.41) is 0. The largest absolute Gasteiger partial charge is 0.441 e. The Morgan fingerprint density at radius 3 is 2.41 bits per heavy atom. The molecule has 8 heteroatoms. The summed E-state index contributed by atoms with van der Waals surface area (Å²) in [6.07, 6.45) is 3.24. The number of nitrogens with zero attached hydrogens (tertiary/aromatic N) is 5. The summed E-state index contributed by atoms with van der Waals surface area (Å²) in [5.74, 6) is 0.775. The molecule has 176 valence electrons. The molecule has 1 saturated heterocycles. The molecule has 0 aliphatic carbocycles. The third-order valence-corrected chi connectivity index (χ3v) is 5.67. The van der Waals surface area contributed by atoms with Crippen molar-refractivity contribution in [1.82, 2.24) is 14.7 Å². The third-order valence-electron chi connectivity index (χ3n) is 5.67. The molecule has 2 aliphatic heterocycles. The van der Waals surface area contributed by atoms with Crippen LogP contribution in [0.15, 0.2) is 70.8 Å². The molecule has 0 aromatic heterocycles. The fraction of sp³-hybridized carbons (Fsp3) is 0.308. The summed E-state index contributed by atoms with van der Waals surface area (Å²) in [6.45, 7) is 3.19. The number of amides is 1. The molecule has 4 rings (SSSR count). The molecule has 0 bridgehead atoms. The first-order valence-electron chi connectivity index (χ1n) is 11.3. The van der Waals surface area contributed by atoms with Crippen molar-refractivity contribution in [3.05, 3.63) is 71.9 Å². The molecule has 1 amide bonds. The number of likely N-dealkylation sites (N-methyl/N-ethyl adjacent to an activating group) is 1. The van der Waals surface area contributed by atoms with Gasteiger partial charge in [0.15, 0.2) is 5.78 Å². The second-order valence-corrected chi connectivity index (χ2v) is 8.55. The standard InChI is InChI=1S/C26H29N5O3/c1-29(2)13-12-23(32)19-8-10-20(11-9-19)34-24-18-27-25(21-6-4-5-7-22(21)28-24)26(33)31-16-14-30(3)15-17-31/h4-13H,14-18H2,1-3H3/b13-12+. The third kappa shape index (κ3) is 5.58. The molecule has 1 fully saturated rings. The van der Waals surface area contributed by atoms with E-state index in [-0.39, 0.29) is 18.2 Å². The van der Waals surface area contributed by atoms with E-state index in [1.807, 2.05) is 43.3 Å². The molecule has 2 aromatic rings. The van der Waals surface area contributed by atoms with E-state index < -0.39 is 0 Å². The number of carbonyl (C=O) groups excluding carboxylic acids is 2. The smallest absolute Gasteiger partial charge is 0.272 e. The van der Waals surface area contributed by atoms with E-state index in [0.717, 1.165) is 13.1 Å². The number of rotatable bonds is 5. The monoisotopic (exact) mass is 459 g/mol. The molecule has 2 aromatic carbocycles. The van der Waals surface area contributed by atoms with Crippen LogP contribution in [-0.2, 0) is 4.79 Å². The normalized spacial score (nSPS) is 16.4. The van der Waals surface area contributed by atoms with E-state index >= 15 is 0 Å². The molecule has 0 saturated carbocycles. The van der Waals surface area contributed by atoms with Gasteiger partial charge in [0, 0.05) is 63.7 Å². The molecule has 8 nitrogen and oxygen atoms in total. The number of para-hydroxylation sites is 1. The highest BCUT2D eigenvalue weighted by Gasteiger charge is 2.27. The zero-order chi connectivity index (χ0) is 24.1. The predicted octanol–water partition coefficient (Wildman–Crippen LogP) is 2.63. The molecule has 2 heterocycles. The van der Waals surface area contributed by atoms with E-state index in [1.165, 1.54) is 6.08 Å². The molecule has 0 spiro atoms. The van der Waals surface area contributed by atoms with Gasteiger partial charge in [-0.25, -0.2) is 4.99 Å². The quantitative estimate of drug-likeness (QED) is 0.508. The number of ether oxygens (including phenoxy) is 1. The van der Waals surface area contributed by atoms with Gasteiger partial charge in [0.1, 0.15) is 18.0 Å². The van der Waals surface area contributed by atoms with Crippen LogP contribution < -0.4 is 4.74 Å². The van der Waals surface area contributed by atoms with E-state index in [2.05, 4.69) is 21.9 Å². The van der Waals surface area contributed by atoms with Crippen LogP contribution in [0.1, 0.15) is 15.9 Å². The van der Waals surface area contributed by atoms with Crippen molar-refractivity contribution in [1.29, 1.82) is 0 Å². The Morgan fingerprint density at radius 2 is 1.71 bits per heavy atom. The Morgan fingerprint density at radius 1 is 1.00 bits per heavy atom. The Hall–Kier alpha value is -3.78. The topological polar surface area (TPSA) is 77.8 Å². The summed E-state index contributed by atoms with van der Waals surface area (Å²) >= 11 is 0. The van der Waals surface area contributed by atoms with Crippen LogP contribution in [0, 0.1) is 0 Å². The number of aliphatic imine (C=N–C) groups is 2.